The average molecular weight is 493 g/mol. The van der Waals surface area contributed by atoms with Crippen molar-refractivity contribution in [1.29, 1.82) is 0 Å². The summed E-state index contributed by atoms with van der Waals surface area (Å²) in [4.78, 5) is 0. The summed E-state index contributed by atoms with van der Waals surface area (Å²) in [5.74, 6) is -0.300. The minimum absolute atomic E-state index is 0.189. The van der Waals surface area contributed by atoms with Crippen molar-refractivity contribution in [3.63, 3.8) is 0 Å². The first-order valence-electron chi connectivity index (χ1n) is 12.2. The Balaban J connectivity index is 0.00000176. The summed E-state index contributed by atoms with van der Waals surface area (Å²) >= 11 is 0. The van der Waals surface area contributed by atoms with E-state index in [4.69, 9.17) is 9.47 Å². The van der Waals surface area contributed by atoms with Gasteiger partial charge in [0.05, 0.1) is 44.6 Å². The minimum Gasteiger partial charge on any atom is -0.389 e. The van der Waals surface area contributed by atoms with Gasteiger partial charge in [0.2, 0.25) is 0 Å². The standard InChI is InChI=1S/C29H32FNO3.CH5N/c1-29(2,21-34-19-23-11-7-4-8-12-23)28-15-24-13-14-25(30)16-27(24)31(28)17-26(32)20-33-18-22-9-5-3-6-10-22;1-2/h3-16,26,32H,17-21H2,1-2H3;2H2,1H3. The van der Waals surface area contributed by atoms with Gasteiger partial charge in [-0.25, -0.2) is 4.39 Å². The van der Waals surface area contributed by atoms with Crippen molar-refractivity contribution in [3.8, 4) is 0 Å². The molecule has 1 unspecified atom stereocenters. The van der Waals surface area contributed by atoms with Crippen LogP contribution in [0.5, 0.6) is 0 Å². The second-order valence-electron chi connectivity index (χ2n) is 9.36. The van der Waals surface area contributed by atoms with Crippen molar-refractivity contribution in [2.75, 3.05) is 20.3 Å². The largest absolute Gasteiger partial charge is 0.389 e. The van der Waals surface area contributed by atoms with Gasteiger partial charge in [-0.2, -0.15) is 0 Å². The molecule has 0 fully saturated rings. The number of rotatable bonds is 11. The number of aliphatic hydroxyl groups is 1. The molecule has 1 atom stereocenters. The first kappa shape index (κ1) is 27.6. The molecule has 192 valence electrons. The van der Waals surface area contributed by atoms with Crippen LogP contribution in [-0.4, -0.2) is 36.0 Å². The fourth-order valence-corrected chi connectivity index (χ4v) is 4.21. The van der Waals surface area contributed by atoms with Gasteiger partial charge in [-0.1, -0.05) is 74.5 Å². The van der Waals surface area contributed by atoms with Gasteiger partial charge in [-0.05, 0) is 42.4 Å². The highest BCUT2D eigenvalue weighted by molar-refractivity contribution is 5.82. The Bertz CT molecular complexity index is 1190. The number of nitrogens with two attached hydrogens (primary N) is 1. The summed E-state index contributed by atoms with van der Waals surface area (Å²) in [5.41, 5.74) is 8.07. The molecular weight excluding hydrogens is 455 g/mol. The van der Waals surface area contributed by atoms with Gasteiger partial charge in [-0.3, -0.25) is 0 Å². The van der Waals surface area contributed by atoms with Crippen LogP contribution in [0.25, 0.3) is 10.9 Å². The molecule has 3 N–H and O–H groups in total. The van der Waals surface area contributed by atoms with Gasteiger partial charge in [0.25, 0.3) is 0 Å². The van der Waals surface area contributed by atoms with E-state index in [-0.39, 0.29) is 17.8 Å². The zero-order chi connectivity index (χ0) is 26.0. The van der Waals surface area contributed by atoms with Crippen LogP contribution in [0.2, 0.25) is 0 Å². The molecule has 1 aromatic heterocycles. The van der Waals surface area contributed by atoms with Crippen LogP contribution in [0, 0.1) is 5.82 Å². The number of hydrogen-bond donors (Lipinski definition) is 2. The van der Waals surface area contributed by atoms with E-state index < -0.39 is 6.10 Å². The van der Waals surface area contributed by atoms with Crippen LogP contribution >= 0.6 is 0 Å². The Morgan fingerprint density at radius 1 is 0.861 bits per heavy atom. The lowest BCUT2D eigenvalue weighted by atomic mass is 9.90. The molecule has 0 aliphatic carbocycles. The first-order valence-corrected chi connectivity index (χ1v) is 12.2. The maximum Gasteiger partial charge on any atom is 0.125 e. The maximum absolute atomic E-state index is 14.1. The number of halogens is 1. The molecule has 5 nitrogen and oxygen atoms in total. The van der Waals surface area contributed by atoms with Gasteiger partial charge in [0.1, 0.15) is 5.82 Å². The molecule has 0 saturated heterocycles. The van der Waals surface area contributed by atoms with E-state index >= 15 is 0 Å². The summed E-state index contributed by atoms with van der Waals surface area (Å²) in [6.07, 6.45) is -0.734. The summed E-state index contributed by atoms with van der Waals surface area (Å²) in [7, 11) is 1.50. The first-order chi connectivity index (χ1) is 17.4. The van der Waals surface area contributed by atoms with Crippen LogP contribution in [0.1, 0.15) is 30.7 Å². The number of fused-ring (bicyclic) bond motifs is 1. The summed E-state index contributed by atoms with van der Waals surface area (Å²) in [6, 6.07) is 26.8. The SMILES string of the molecule is CC(C)(COCc1ccccc1)c1cc2ccc(F)cc2n1CC(O)COCc1ccccc1.CN. The molecule has 0 aliphatic rings. The number of aromatic nitrogens is 1. The second kappa shape index (κ2) is 13.3. The molecule has 6 heteroatoms. The van der Waals surface area contributed by atoms with Crippen LogP contribution < -0.4 is 5.73 Å². The van der Waals surface area contributed by atoms with Gasteiger partial charge in [-0.15, -0.1) is 0 Å². The lowest BCUT2D eigenvalue weighted by Crippen LogP contribution is -2.30. The minimum atomic E-state index is -0.734. The monoisotopic (exact) mass is 492 g/mol. The molecular formula is C30H37FN2O3. The van der Waals surface area contributed by atoms with Crippen LogP contribution in [0.3, 0.4) is 0 Å². The van der Waals surface area contributed by atoms with E-state index in [1.165, 1.54) is 19.2 Å². The van der Waals surface area contributed by atoms with Gasteiger partial charge in [0.15, 0.2) is 0 Å². The summed E-state index contributed by atoms with van der Waals surface area (Å²) < 4.78 is 27.9. The van der Waals surface area contributed by atoms with Crippen LogP contribution in [0.15, 0.2) is 84.9 Å². The van der Waals surface area contributed by atoms with Crippen molar-refractivity contribution in [1.82, 2.24) is 4.57 Å². The van der Waals surface area contributed by atoms with E-state index in [1.807, 2.05) is 65.2 Å². The van der Waals surface area contributed by atoms with Crippen molar-refractivity contribution in [3.05, 3.63) is 108 Å². The van der Waals surface area contributed by atoms with E-state index in [9.17, 15) is 9.50 Å². The molecule has 0 amide bonds. The van der Waals surface area contributed by atoms with E-state index in [2.05, 4.69) is 25.6 Å². The topological polar surface area (TPSA) is 69.6 Å². The van der Waals surface area contributed by atoms with Gasteiger partial charge < -0.3 is 24.9 Å². The smallest absolute Gasteiger partial charge is 0.125 e. The number of ether oxygens (including phenoxy) is 2. The predicted molar refractivity (Wildman–Crippen MR) is 143 cm³/mol. The third kappa shape index (κ3) is 7.48. The highest BCUT2D eigenvalue weighted by atomic mass is 19.1. The number of hydrogen-bond acceptors (Lipinski definition) is 4. The molecule has 1 heterocycles. The fourth-order valence-electron chi connectivity index (χ4n) is 4.21. The number of benzene rings is 3. The quantitative estimate of drug-likeness (QED) is 0.293. The van der Waals surface area contributed by atoms with E-state index in [0.717, 1.165) is 27.7 Å². The van der Waals surface area contributed by atoms with E-state index in [1.54, 1.807) is 6.07 Å². The molecule has 4 aromatic rings. The van der Waals surface area contributed by atoms with Crippen LogP contribution in [-0.2, 0) is 34.6 Å². The normalized spacial score (nSPS) is 12.3. The highest BCUT2D eigenvalue weighted by Gasteiger charge is 2.27. The lowest BCUT2D eigenvalue weighted by molar-refractivity contribution is 0.0195. The van der Waals surface area contributed by atoms with Crippen LogP contribution in [0.4, 0.5) is 4.39 Å². The molecule has 0 radical (unpaired) electrons. The van der Waals surface area contributed by atoms with Gasteiger partial charge in [0, 0.05) is 16.5 Å². The number of nitrogens with zero attached hydrogens (tertiary/aromatic N) is 1. The molecule has 0 aliphatic heterocycles. The van der Waals surface area contributed by atoms with Gasteiger partial charge >= 0.3 is 0 Å². The maximum atomic E-state index is 14.1. The van der Waals surface area contributed by atoms with E-state index in [0.29, 0.717) is 26.4 Å². The van der Waals surface area contributed by atoms with Crippen molar-refractivity contribution >= 4 is 10.9 Å². The fraction of sp³-hybridized carbons (Fsp3) is 0.333. The Morgan fingerprint density at radius 3 is 2.06 bits per heavy atom. The van der Waals surface area contributed by atoms with Crippen molar-refractivity contribution in [2.45, 2.75) is 45.1 Å². The lowest BCUT2D eigenvalue weighted by Gasteiger charge is -2.28. The molecule has 36 heavy (non-hydrogen) atoms. The molecule has 0 spiro atoms. The van der Waals surface area contributed by atoms with Crippen molar-refractivity contribution in [2.24, 2.45) is 5.73 Å². The highest BCUT2D eigenvalue weighted by Crippen LogP contribution is 2.31. The Kier molecular flexibility index (Phi) is 10.2. The zero-order valence-electron chi connectivity index (χ0n) is 21.4. The number of aliphatic hydroxyl groups excluding tert-OH is 1. The summed E-state index contributed by atoms with van der Waals surface area (Å²) in [6.45, 7) is 6.16. The average Bonchev–Trinajstić information content (AvgIpc) is 3.24. The molecule has 0 bridgehead atoms. The Morgan fingerprint density at radius 2 is 1.44 bits per heavy atom. The third-order valence-electron chi connectivity index (χ3n) is 5.95. The Labute approximate surface area is 213 Å². The molecule has 4 rings (SSSR count). The Hall–Kier alpha value is -3.03. The second-order valence-corrected chi connectivity index (χ2v) is 9.36. The predicted octanol–water partition coefficient (Wildman–Crippen LogP) is 5.43. The summed E-state index contributed by atoms with van der Waals surface area (Å²) in [5, 5.41) is 11.7. The van der Waals surface area contributed by atoms with Crippen molar-refractivity contribution < 1.29 is 19.0 Å². The zero-order valence-corrected chi connectivity index (χ0v) is 21.4. The third-order valence-corrected chi connectivity index (χ3v) is 5.95. The molecule has 0 saturated carbocycles. The molecule has 3 aromatic carbocycles.